The molecule has 0 unspecified atom stereocenters. The van der Waals surface area contributed by atoms with Crippen molar-refractivity contribution in [3.8, 4) is 5.75 Å². The second kappa shape index (κ2) is 6.35. The monoisotopic (exact) mass is 325 g/mol. The van der Waals surface area contributed by atoms with E-state index in [4.69, 9.17) is 4.74 Å². The van der Waals surface area contributed by atoms with Gasteiger partial charge < -0.3 is 14.7 Å². The molecule has 1 N–H and O–H groups in total. The molecule has 1 heterocycles. The molecule has 0 saturated carbocycles. The third kappa shape index (κ3) is 2.73. The highest BCUT2D eigenvalue weighted by Gasteiger charge is 2.37. The maximum atomic E-state index is 13.0. The summed E-state index contributed by atoms with van der Waals surface area (Å²) in [5.74, 6) is -0.992. The summed E-state index contributed by atoms with van der Waals surface area (Å²) in [4.78, 5) is 26.3. The molecule has 5 heteroatoms. The molecule has 0 bridgehead atoms. The van der Waals surface area contributed by atoms with Crippen LogP contribution in [-0.2, 0) is 4.79 Å². The van der Waals surface area contributed by atoms with E-state index in [-0.39, 0.29) is 11.9 Å². The molecule has 0 spiro atoms. The molecular formula is C19H19NO4. The predicted molar refractivity (Wildman–Crippen MR) is 90.7 cm³/mol. The molecule has 0 fully saturated rings. The van der Waals surface area contributed by atoms with Crippen LogP contribution >= 0.6 is 0 Å². The first-order chi connectivity index (χ1) is 11.5. The number of rotatable bonds is 3. The van der Waals surface area contributed by atoms with E-state index < -0.39 is 11.9 Å². The van der Waals surface area contributed by atoms with Gasteiger partial charge in [0.05, 0.1) is 13.0 Å². The van der Waals surface area contributed by atoms with E-state index >= 15 is 0 Å². The zero-order valence-electron chi connectivity index (χ0n) is 13.6. The van der Waals surface area contributed by atoms with Crippen molar-refractivity contribution < 1.29 is 19.4 Å². The summed E-state index contributed by atoms with van der Waals surface area (Å²) in [6.45, 7) is 1.88. The number of para-hydroxylation sites is 1. The Kier molecular flexibility index (Phi) is 4.25. The van der Waals surface area contributed by atoms with Gasteiger partial charge in [0.1, 0.15) is 5.75 Å². The second-order valence-electron chi connectivity index (χ2n) is 5.94. The first-order valence-corrected chi connectivity index (χ1v) is 7.82. The fourth-order valence-electron chi connectivity index (χ4n) is 3.25. The lowest BCUT2D eigenvalue weighted by Gasteiger charge is -2.38. The van der Waals surface area contributed by atoms with Crippen LogP contribution in [0.2, 0.25) is 0 Å². The van der Waals surface area contributed by atoms with Gasteiger partial charge in [-0.15, -0.1) is 0 Å². The largest absolute Gasteiger partial charge is 0.497 e. The molecule has 2 aromatic carbocycles. The van der Waals surface area contributed by atoms with Crippen molar-refractivity contribution in [3.05, 3.63) is 59.7 Å². The van der Waals surface area contributed by atoms with Crippen molar-refractivity contribution in [1.82, 2.24) is 0 Å². The van der Waals surface area contributed by atoms with Gasteiger partial charge in [0.15, 0.2) is 0 Å². The zero-order valence-corrected chi connectivity index (χ0v) is 13.6. The Hall–Kier alpha value is -2.82. The molecule has 0 aliphatic carbocycles. The lowest BCUT2D eigenvalue weighted by Crippen LogP contribution is -2.44. The molecule has 2 atom stereocenters. The molecular weight excluding hydrogens is 306 g/mol. The highest BCUT2D eigenvalue weighted by Crippen LogP contribution is 2.39. The number of carboxylic acid groups (broad SMARTS) is 1. The first kappa shape index (κ1) is 16.1. The molecule has 3 rings (SSSR count). The van der Waals surface area contributed by atoms with Gasteiger partial charge in [-0.2, -0.15) is 0 Å². The number of ether oxygens (including phenoxy) is 1. The predicted octanol–water partition coefficient (Wildman–Crippen LogP) is 3.30. The van der Waals surface area contributed by atoms with E-state index in [0.29, 0.717) is 29.0 Å². The number of carbonyl (C=O) groups excluding carboxylic acids is 1. The average molecular weight is 325 g/mol. The van der Waals surface area contributed by atoms with E-state index in [1.54, 1.807) is 54.5 Å². The van der Waals surface area contributed by atoms with Crippen LogP contribution in [0.5, 0.6) is 5.75 Å². The summed E-state index contributed by atoms with van der Waals surface area (Å²) in [6.07, 6.45) is 0.391. The summed E-state index contributed by atoms with van der Waals surface area (Å²) in [6, 6.07) is 14.0. The number of nitrogens with zero attached hydrogens (tertiary/aromatic N) is 1. The van der Waals surface area contributed by atoms with Crippen molar-refractivity contribution in [2.45, 2.75) is 25.3 Å². The second-order valence-corrected chi connectivity index (χ2v) is 5.94. The summed E-state index contributed by atoms with van der Waals surface area (Å²) in [5.41, 5.74) is 1.86. The van der Waals surface area contributed by atoms with Crippen LogP contribution in [0.25, 0.3) is 0 Å². The van der Waals surface area contributed by atoms with Crippen molar-refractivity contribution in [1.29, 1.82) is 0 Å². The molecule has 1 aliphatic heterocycles. The Bertz CT molecular complexity index is 786. The van der Waals surface area contributed by atoms with Gasteiger partial charge in [0.25, 0.3) is 5.91 Å². The number of hydrogen-bond donors (Lipinski definition) is 1. The molecule has 0 aromatic heterocycles. The van der Waals surface area contributed by atoms with Gasteiger partial charge in [-0.1, -0.05) is 24.3 Å². The van der Waals surface area contributed by atoms with Crippen LogP contribution in [0.3, 0.4) is 0 Å². The molecule has 2 aromatic rings. The summed E-state index contributed by atoms with van der Waals surface area (Å²) >= 11 is 0. The lowest BCUT2D eigenvalue weighted by atomic mass is 9.85. The number of amides is 1. The third-order valence-electron chi connectivity index (χ3n) is 4.42. The Morgan fingerprint density at radius 2 is 1.92 bits per heavy atom. The van der Waals surface area contributed by atoms with Gasteiger partial charge in [-0.25, -0.2) is 0 Å². The number of fused-ring (bicyclic) bond motifs is 1. The Morgan fingerprint density at radius 1 is 1.17 bits per heavy atom. The van der Waals surface area contributed by atoms with E-state index in [1.807, 2.05) is 13.0 Å². The maximum Gasteiger partial charge on any atom is 0.311 e. The van der Waals surface area contributed by atoms with Gasteiger partial charge in [-0.05, 0) is 43.2 Å². The van der Waals surface area contributed by atoms with Crippen LogP contribution in [0.1, 0.15) is 35.2 Å². The Balaban J connectivity index is 2.05. The first-order valence-electron chi connectivity index (χ1n) is 7.82. The highest BCUT2D eigenvalue weighted by molar-refractivity contribution is 6.08. The molecule has 0 radical (unpaired) electrons. The molecule has 24 heavy (non-hydrogen) atoms. The quantitative estimate of drug-likeness (QED) is 0.940. The summed E-state index contributed by atoms with van der Waals surface area (Å²) < 4.78 is 5.19. The number of benzene rings is 2. The molecule has 1 amide bonds. The van der Waals surface area contributed by atoms with E-state index in [1.165, 1.54) is 0 Å². The summed E-state index contributed by atoms with van der Waals surface area (Å²) in [7, 11) is 1.56. The van der Waals surface area contributed by atoms with Crippen molar-refractivity contribution in [3.63, 3.8) is 0 Å². The number of hydrogen-bond acceptors (Lipinski definition) is 3. The number of aliphatic carboxylic acids is 1. The van der Waals surface area contributed by atoms with E-state index in [9.17, 15) is 14.7 Å². The molecule has 124 valence electrons. The number of methoxy groups -OCH3 is 1. The van der Waals surface area contributed by atoms with Crippen LogP contribution in [0.4, 0.5) is 5.69 Å². The van der Waals surface area contributed by atoms with Crippen LogP contribution in [-0.4, -0.2) is 30.1 Å². The SMILES string of the molecule is COc1cccc(C(=O)N2c3ccccc3[C@@H](C(=O)O)C[C@@H]2C)c1. The maximum absolute atomic E-state index is 13.0. The number of carboxylic acids is 1. The lowest BCUT2D eigenvalue weighted by molar-refractivity contribution is -0.139. The minimum Gasteiger partial charge on any atom is -0.497 e. The van der Waals surface area contributed by atoms with Crippen LogP contribution < -0.4 is 9.64 Å². The summed E-state index contributed by atoms with van der Waals surface area (Å²) in [5, 5.41) is 9.49. The Labute approximate surface area is 140 Å². The van der Waals surface area contributed by atoms with Gasteiger partial charge in [0.2, 0.25) is 0 Å². The molecule has 1 aliphatic rings. The molecule has 0 saturated heterocycles. The van der Waals surface area contributed by atoms with Crippen molar-refractivity contribution >= 4 is 17.6 Å². The highest BCUT2D eigenvalue weighted by atomic mass is 16.5. The minimum absolute atomic E-state index is 0.155. The number of carbonyl (C=O) groups is 2. The topological polar surface area (TPSA) is 66.8 Å². The Morgan fingerprint density at radius 3 is 2.62 bits per heavy atom. The van der Waals surface area contributed by atoms with Crippen molar-refractivity contribution in [2.75, 3.05) is 12.0 Å². The van der Waals surface area contributed by atoms with Crippen molar-refractivity contribution in [2.24, 2.45) is 0 Å². The smallest absolute Gasteiger partial charge is 0.311 e. The minimum atomic E-state index is -0.859. The van der Waals surface area contributed by atoms with Crippen LogP contribution in [0.15, 0.2) is 48.5 Å². The van der Waals surface area contributed by atoms with Gasteiger partial charge >= 0.3 is 5.97 Å². The zero-order chi connectivity index (χ0) is 17.3. The van der Waals surface area contributed by atoms with E-state index in [2.05, 4.69) is 0 Å². The van der Waals surface area contributed by atoms with Gasteiger partial charge in [-0.3, -0.25) is 9.59 Å². The number of anilines is 1. The van der Waals surface area contributed by atoms with Gasteiger partial charge in [0, 0.05) is 17.3 Å². The fourth-order valence-corrected chi connectivity index (χ4v) is 3.25. The molecule has 5 nitrogen and oxygen atoms in total. The normalized spacial score (nSPS) is 19.5. The van der Waals surface area contributed by atoms with E-state index in [0.717, 1.165) is 0 Å². The average Bonchev–Trinajstić information content (AvgIpc) is 2.60. The fraction of sp³-hybridized carbons (Fsp3) is 0.263. The standard InChI is InChI=1S/C19H19NO4/c1-12-10-16(19(22)23)15-8-3-4-9-17(15)20(12)18(21)13-6-5-7-14(11-13)24-2/h3-9,11-12,16H,10H2,1-2H3,(H,22,23)/t12-,16-/m0/s1. The van der Waals surface area contributed by atoms with Crippen LogP contribution in [0, 0.1) is 0 Å². The third-order valence-corrected chi connectivity index (χ3v) is 4.42.